The van der Waals surface area contributed by atoms with Gasteiger partial charge in [-0.25, -0.2) is 0 Å². The highest BCUT2D eigenvalue weighted by Gasteiger charge is 1.76. The van der Waals surface area contributed by atoms with E-state index in [2.05, 4.69) is 38.7 Å². The first-order valence-electron chi connectivity index (χ1n) is 4.27. The minimum Gasteiger partial charge on any atom is -0.0988 e. The van der Waals surface area contributed by atoms with Gasteiger partial charge >= 0.3 is 0 Å². The van der Waals surface area contributed by atoms with Crippen LogP contribution in [0.5, 0.6) is 0 Å². The molecule has 0 radical (unpaired) electrons. The molecule has 0 bridgehead atoms. The van der Waals surface area contributed by atoms with Crippen molar-refractivity contribution in [3.8, 4) is 0 Å². The monoisotopic (exact) mass is 150 g/mol. The van der Waals surface area contributed by atoms with E-state index in [1.807, 2.05) is 6.08 Å². The maximum atomic E-state index is 3.67. The zero-order valence-electron chi connectivity index (χ0n) is 7.64. The second-order valence-corrected chi connectivity index (χ2v) is 2.69. The summed E-state index contributed by atoms with van der Waals surface area (Å²) >= 11 is 0. The molecule has 0 aromatic carbocycles. The summed E-state index contributed by atoms with van der Waals surface area (Å²) in [5.41, 5.74) is 1.22. The van der Waals surface area contributed by atoms with Gasteiger partial charge in [0.1, 0.15) is 0 Å². The van der Waals surface area contributed by atoms with Gasteiger partial charge in [-0.1, -0.05) is 56.2 Å². The lowest BCUT2D eigenvalue weighted by Crippen LogP contribution is -1.66. The normalized spacial score (nSPS) is 12.4. The fourth-order valence-corrected chi connectivity index (χ4v) is 0.706. The van der Waals surface area contributed by atoms with Crippen molar-refractivity contribution >= 4 is 0 Å². The third-order valence-electron chi connectivity index (χ3n) is 1.54. The fraction of sp³-hybridized carbons (Fsp3) is 0.455. The quantitative estimate of drug-likeness (QED) is 0.412. The van der Waals surface area contributed by atoms with Crippen LogP contribution in [0.25, 0.3) is 0 Å². The minimum atomic E-state index is 1.19. The Labute approximate surface area is 70.3 Å². The van der Waals surface area contributed by atoms with Gasteiger partial charge in [0.05, 0.1) is 0 Å². The zero-order valence-corrected chi connectivity index (χ0v) is 7.64. The first kappa shape index (κ1) is 10.2. The van der Waals surface area contributed by atoms with Crippen molar-refractivity contribution in [1.82, 2.24) is 0 Å². The lowest BCUT2D eigenvalue weighted by Gasteiger charge is -1.87. The summed E-state index contributed by atoms with van der Waals surface area (Å²) in [7, 11) is 0. The van der Waals surface area contributed by atoms with Crippen LogP contribution in [0.2, 0.25) is 0 Å². The Morgan fingerprint density at radius 1 is 1.45 bits per heavy atom. The molecule has 0 aromatic heterocycles. The van der Waals surface area contributed by atoms with E-state index in [0.29, 0.717) is 0 Å². The number of unbranched alkanes of at least 4 members (excludes halogenated alkanes) is 2. The van der Waals surface area contributed by atoms with Crippen LogP contribution in [-0.2, 0) is 0 Å². The molecule has 0 unspecified atom stereocenters. The summed E-state index contributed by atoms with van der Waals surface area (Å²) in [6, 6.07) is 0. The summed E-state index contributed by atoms with van der Waals surface area (Å²) in [6.45, 7) is 7.93. The Morgan fingerprint density at radius 3 is 2.73 bits per heavy atom. The van der Waals surface area contributed by atoms with E-state index >= 15 is 0 Å². The molecular weight excluding hydrogens is 132 g/mol. The summed E-state index contributed by atoms with van der Waals surface area (Å²) in [6.07, 6.45) is 12.0. The largest absolute Gasteiger partial charge is 0.0988 e. The Kier molecular flexibility index (Phi) is 6.81. The van der Waals surface area contributed by atoms with Crippen LogP contribution in [0.15, 0.2) is 36.5 Å². The zero-order chi connectivity index (χ0) is 8.53. The van der Waals surface area contributed by atoms with Crippen LogP contribution < -0.4 is 0 Å². The molecule has 62 valence electrons. The molecule has 0 aromatic rings. The summed E-state index contributed by atoms with van der Waals surface area (Å²) in [5.74, 6) is 0. The predicted octanol–water partition coefficient (Wildman–Crippen LogP) is 3.87. The number of rotatable bonds is 5. The van der Waals surface area contributed by atoms with Gasteiger partial charge in [0.2, 0.25) is 0 Å². The molecule has 0 atom stereocenters. The first-order valence-corrected chi connectivity index (χ1v) is 4.27. The summed E-state index contributed by atoms with van der Waals surface area (Å²) < 4.78 is 0. The molecule has 0 amide bonds. The van der Waals surface area contributed by atoms with Gasteiger partial charge in [0, 0.05) is 0 Å². The van der Waals surface area contributed by atoms with Gasteiger partial charge in [-0.05, 0) is 13.3 Å². The third kappa shape index (κ3) is 7.11. The number of hydrogen-bond acceptors (Lipinski definition) is 0. The minimum absolute atomic E-state index is 1.19. The summed E-state index contributed by atoms with van der Waals surface area (Å²) in [5, 5.41) is 0. The smallest absolute Gasteiger partial charge is 0.0348 e. The summed E-state index contributed by atoms with van der Waals surface area (Å²) in [4.78, 5) is 0. The average molecular weight is 150 g/mol. The molecule has 11 heavy (non-hydrogen) atoms. The lowest BCUT2D eigenvalue weighted by molar-refractivity contribution is 0.815. The molecule has 0 nitrogen and oxygen atoms in total. The Morgan fingerprint density at radius 2 is 2.18 bits per heavy atom. The lowest BCUT2D eigenvalue weighted by atomic mass is 10.2. The second-order valence-electron chi connectivity index (χ2n) is 2.69. The third-order valence-corrected chi connectivity index (χ3v) is 1.54. The number of hydrogen-bond donors (Lipinski definition) is 0. The van der Waals surface area contributed by atoms with E-state index < -0.39 is 0 Å². The van der Waals surface area contributed by atoms with Crippen LogP contribution in [-0.4, -0.2) is 0 Å². The van der Waals surface area contributed by atoms with Crippen molar-refractivity contribution in [3.63, 3.8) is 0 Å². The maximum Gasteiger partial charge on any atom is -0.0348 e. The van der Waals surface area contributed by atoms with Crippen molar-refractivity contribution in [2.24, 2.45) is 0 Å². The van der Waals surface area contributed by atoms with E-state index in [4.69, 9.17) is 0 Å². The van der Waals surface area contributed by atoms with E-state index in [-0.39, 0.29) is 0 Å². The van der Waals surface area contributed by atoms with Crippen LogP contribution in [0, 0.1) is 0 Å². The Balaban J connectivity index is 3.50. The van der Waals surface area contributed by atoms with Gasteiger partial charge in [0.25, 0.3) is 0 Å². The second kappa shape index (κ2) is 7.33. The molecule has 0 N–H and O–H groups in total. The molecule has 0 spiro atoms. The molecule has 0 saturated heterocycles. The molecule has 0 heterocycles. The van der Waals surface area contributed by atoms with E-state index in [1.165, 1.54) is 24.8 Å². The van der Waals surface area contributed by atoms with Gasteiger partial charge in [0.15, 0.2) is 0 Å². The molecule has 0 aliphatic heterocycles. The van der Waals surface area contributed by atoms with Crippen LogP contribution in [0.3, 0.4) is 0 Å². The first-order chi connectivity index (χ1) is 5.31. The standard InChI is InChI=1S/C11H18/c1-4-6-7-8-9-10-11(3)5-2/h5,8-10H,2,4,6-7H2,1,3H3/b9-8+,11-10-. The van der Waals surface area contributed by atoms with E-state index in [1.54, 1.807) is 0 Å². The van der Waals surface area contributed by atoms with Gasteiger partial charge in [-0.2, -0.15) is 0 Å². The molecule has 0 saturated carbocycles. The van der Waals surface area contributed by atoms with Crippen molar-refractivity contribution < 1.29 is 0 Å². The number of allylic oxidation sites excluding steroid dienone is 5. The van der Waals surface area contributed by atoms with E-state index in [0.717, 1.165) is 0 Å². The molecule has 0 heteroatoms. The van der Waals surface area contributed by atoms with Gasteiger partial charge in [-0.3, -0.25) is 0 Å². The van der Waals surface area contributed by atoms with Crippen LogP contribution >= 0.6 is 0 Å². The molecule has 0 aliphatic rings. The Bertz CT molecular complexity index is 149. The Hall–Kier alpha value is -0.780. The molecular formula is C11H18. The van der Waals surface area contributed by atoms with Crippen molar-refractivity contribution in [2.45, 2.75) is 33.1 Å². The average Bonchev–Trinajstić information content (AvgIpc) is 2.04. The van der Waals surface area contributed by atoms with Crippen molar-refractivity contribution in [3.05, 3.63) is 36.5 Å². The fourth-order valence-electron chi connectivity index (χ4n) is 0.706. The van der Waals surface area contributed by atoms with Crippen LogP contribution in [0.1, 0.15) is 33.1 Å². The maximum absolute atomic E-state index is 3.67. The molecule has 0 aliphatic carbocycles. The highest BCUT2D eigenvalue weighted by molar-refractivity contribution is 5.19. The van der Waals surface area contributed by atoms with Crippen molar-refractivity contribution in [2.75, 3.05) is 0 Å². The van der Waals surface area contributed by atoms with Gasteiger partial charge < -0.3 is 0 Å². The topological polar surface area (TPSA) is 0 Å². The highest BCUT2D eigenvalue weighted by Crippen LogP contribution is 1.97. The SMILES string of the molecule is C=C/C(C)=C\C=C\CCCC. The van der Waals surface area contributed by atoms with Gasteiger partial charge in [-0.15, -0.1) is 0 Å². The molecule has 0 fully saturated rings. The van der Waals surface area contributed by atoms with E-state index in [9.17, 15) is 0 Å². The van der Waals surface area contributed by atoms with Crippen LogP contribution in [0.4, 0.5) is 0 Å². The molecule has 0 rings (SSSR count). The van der Waals surface area contributed by atoms with Crippen molar-refractivity contribution in [1.29, 1.82) is 0 Å². The predicted molar refractivity (Wildman–Crippen MR) is 52.6 cm³/mol. The highest BCUT2D eigenvalue weighted by atomic mass is 13.8.